The zero-order chi connectivity index (χ0) is 19.0. The van der Waals surface area contributed by atoms with Crippen molar-refractivity contribution in [2.75, 3.05) is 5.32 Å². The third-order valence-corrected chi connectivity index (χ3v) is 4.94. The molecule has 136 valence electrons. The third-order valence-electron chi connectivity index (χ3n) is 4.00. The molecule has 1 N–H and O–H groups in total. The molecule has 0 saturated carbocycles. The van der Waals surface area contributed by atoms with E-state index >= 15 is 0 Å². The maximum absolute atomic E-state index is 12.5. The zero-order valence-electron chi connectivity index (χ0n) is 14.9. The number of nitrogens with one attached hydrogen (secondary N) is 1. The molecule has 3 aromatic heterocycles. The normalized spacial score (nSPS) is 10.9. The highest BCUT2D eigenvalue weighted by molar-refractivity contribution is 7.19. The van der Waals surface area contributed by atoms with E-state index in [1.165, 1.54) is 11.3 Å². The number of nitrogens with zero attached hydrogens (tertiary/aromatic N) is 5. The molecule has 9 heteroatoms. The van der Waals surface area contributed by atoms with Crippen molar-refractivity contribution in [1.82, 2.24) is 24.9 Å². The first kappa shape index (κ1) is 17.1. The highest BCUT2D eigenvalue weighted by atomic mass is 32.1. The van der Waals surface area contributed by atoms with E-state index in [-0.39, 0.29) is 5.91 Å². The van der Waals surface area contributed by atoms with E-state index in [1.807, 2.05) is 38.2 Å². The Balaban J connectivity index is 1.57. The van der Waals surface area contributed by atoms with Gasteiger partial charge in [-0.2, -0.15) is 10.1 Å². The Morgan fingerprint density at radius 2 is 2.07 bits per heavy atom. The fourth-order valence-electron chi connectivity index (χ4n) is 2.65. The number of anilines is 1. The first-order valence-corrected chi connectivity index (χ1v) is 9.01. The maximum Gasteiger partial charge on any atom is 0.257 e. The van der Waals surface area contributed by atoms with Gasteiger partial charge in [-0.25, -0.2) is 4.98 Å². The summed E-state index contributed by atoms with van der Waals surface area (Å²) < 4.78 is 6.73. The van der Waals surface area contributed by atoms with Crippen molar-refractivity contribution >= 4 is 22.4 Å². The molecule has 27 heavy (non-hydrogen) atoms. The zero-order valence-corrected chi connectivity index (χ0v) is 15.7. The molecule has 0 aliphatic carbocycles. The maximum atomic E-state index is 12.5. The standard InChI is InChI=1S/C18H16N6O2S/c1-10-6-4-5-7-12(10)17(25)21-18-19-9-15(27-18)14-8-13(22-24(14)3)16-20-11(2)26-23-16/h4-9H,1-3H3,(H,19,21,25). The summed E-state index contributed by atoms with van der Waals surface area (Å²) in [5.41, 5.74) is 3.01. The van der Waals surface area contributed by atoms with Crippen molar-refractivity contribution in [1.29, 1.82) is 0 Å². The van der Waals surface area contributed by atoms with Crippen molar-refractivity contribution in [3.63, 3.8) is 0 Å². The second-order valence-corrected chi connectivity index (χ2v) is 7.00. The SMILES string of the molecule is Cc1nc(-c2cc(-c3cnc(NC(=O)c4ccccc4C)s3)n(C)n2)no1. The Morgan fingerprint density at radius 3 is 2.81 bits per heavy atom. The number of benzene rings is 1. The van der Waals surface area contributed by atoms with Gasteiger partial charge in [0.2, 0.25) is 11.7 Å². The van der Waals surface area contributed by atoms with E-state index in [1.54, 1.807) is 23.9 Å². The summed E-state index contributed by atoms with van der Waals surface area (Å²) in [5, 5.41) is 11.7. The van der Waals surface area contributed by atoms with Gasteiger partial charge in [0, 0.05) is 25.7 Å². The molecule has 8 nitrogen and oxygen atoms in total. The molecule has 0 radical (unpaired) electrons. The molecule has 0 fully saturated rings. The molecule has 0 spiro atoms. The van der Waals surface area contributed by atoms with Crippen LogP contribution in [0.1, 0.15) is 21.8 Å². The van der Waals surface area contributed by atoms with Gasteiger partial charge in [-0.3, -0.25) is 14.8 Å². The summed E-state index contributed by atoms with van der Waals surface area (Å²) >= 11 is 1.37. The third kappa shape index (κ3) is 3.36. The van der Waals surface area contributed by atoms with Crippen LogP contribution in [0.5, 0.6) is 0 Å². The molecule has 4 aromatic rings. The minimum atomic E-state index is -0.179. The van der Waals surface area contributed by atoms with Crippen LogP contribution in [0.25, 0.3) is 22.1 Å². The molecule has 0 saturated heterocycles. The van der Waals surface area contributed by atoms with Crippen LogP contribution in [0.15, 0.2) is 41.1 Å². The van der Waals surface area contributed by atoms with Crippen molar-refractivity contribution in [2.45, 2.75) is 13.8 Å². The average Bonchev–Trinajstić information content (AvgIpc) is 3.35. The topological polar surface area (TPSA) is 98.7 Å². The lowest BCUT2D eigenvalue weighted by atomic mass is 10.1. The number of hydrogen-bond acceptors (Lipinski definition) is 7. The van der Waals surface area contributed by atoms with E-state index in [4.69, 9.17) is 4.52 Å². The van der Waals surface area contributed by atoms with Gasteiger partial charge in [0.15, 0.2) is 5.13 Å². The second-order valence-electron chi connectivity index (χ2n) is 5.97. The highest BCUT2D eigenvalue weighted by Crippen LogP contribution is 2.31. The fraction of sp³-hybridized carbons (Fsp3) is 0.167. The number of hydrogen-bond donors (Lipinski definition) is 1. The molecule has 1 aromatic carbocycles. The molecule has 0 aliphatic rings. The lowest BCUT2D eigenvalue weighted by molar-refractivity contribution is 0.102. The Labute approximate surface area is 158 Å². The Kier molecular flexibility index (Phi) is 4.28. The van der Waals surface area contributed by atoms with Gasteiger partial charge in [-0.1, -0.05) is 34.7 Å². The second kappa shape index (κ2) is 6.76. The van der Waals surface area contributed by atoms with E-state index < -0.39 is 0 Å². The van der Waals surface area contributed by atoms with Crippen LogP contribution in [0.3, 0.4) is 0 Å². The summed E-state index contributed by atoms with van der Waals surface area (Å²) in [4.78, 5) is 21.8. The predicted molar refractivity (Wildman–Crippen MR) is 101 cm³/mol. The minimum absolute atomic E-state index is 0.179. The minimum Gasteiger partial charge on any atom is -0.339 e. The lowest BCUT2D eigenvalue weighted by Gasteiger charge is -2.04. The molecule has 0 unspecified atom stereocenters. The van der Waals surface area contributed by atoms with Crippen LogP contribution in [0.4, 0.5) is 5.13 Å². The summed E-state index contributed by atoms with van der Waals surface area (Å²) in [6.45, 7) is 3.63. The quantitative estimate of drug-likeness (QED) is 0.582. The van der Waals surface area contributed by atoms with Crippen LogP contribution < -0.4 is 5.32 Å². The van der Waals surface area contributed by atoms with Crippen LogP contribution in [0, 0.1) is 13.8 Å². The van der Waals surface area contributed by atoms with E-state index in [2.05, 4.69) is 25.5 Å². The van der Waals surface area contributed by atoms with E-state index in [0.29, 0.717) is 28.1 Å². The first-order chi connectivity index (χ1) is 13.0. The molecule has 1 amide bonds. The van der Waals surface area contributed by atoms with E-state index in [0.717, 1.165) is 16.1 Å². The monoisotopic (exact) mass is 380 g/mol. The summed E-state index contributed by atoms with van der Waals surface area (Å²) in [6, 6.07) is 9.30. The van der Waals surface area contributed by atoms with Crippen molar-refractivity contribution in [2.24, 2.45) is 7.05 Å². The number of thiazole rings is 1. The Bertz CT molecular complexity index is 1130. The predicted octanol–water partition coefficient (Wildman–Crippen LogP) is 3.46. The molecular weight excluding hydrogens is 364 g/mol. The van der Waals surface area contributed by atoms with Crippen LogP contribution in [0.2, 0.25) is 0 Å². The van der Waals surface area contributed by atoms with Gasteiger partial charge in [-0.15, -0.1) is 0 Å². The van der Waals surface area contributed by atoms with Gasteiger partial charge in [0.25, 0.3) is 5.91 Å². The molecule has 3 heterocycles. The number of aryl methyl sites for hydroxylation is 3. The van der Waals surface area contributed by atoms with E-state index in [9.17, 15) is 4.79 Å². The number of amides is 1. The van der Waals surface area contributed by atoms with Crippen molar-refractivity contribution in [3.8, 4) is 22.1 Å². The summed E-state index contributed by atoms with van der Waals surface area (Å²) in [6.07, 6.45) is 1.71. The number of carbonyl (C=O) groups is 1. The highest BCUT2D eigenvalue weighted by Gasteiger charge is 2.17. The largest absolute Gasteiger partial charge is 0.339 e. The molecule has 0 atom stereocenters. The van der Waals surface area contributed by atoms with Gasteiger partial charge >= 0.3 is 0 Å². The summed E-state index contributed by atoms with van der Waals surface area (Å²) in [7, 11) is 1.83. The number of aromatic nitrogens is 5. The molecular formula is C18H16N6O2S. The fourth-order valence-corrected chi connectivity index (χ4v) is 3.51. The van der Waals surface area contributed by atoms with Crippen molar-refractivity contribution in [3.05, 3.63) is 53.5 Å². The molecule has 0 aliphatic heterocycles. The van der Waals surface area contributed by atoms with Crippen LogP contribution >= 0.6 is 11.3 Å². The number of carbonyl (C=O) groups excluding carboxylic acids is 1. The molecule has 4 rings (SSSR count). The van der Waals surface area contributed by atoms with Gasteiger partial charge in [0.05, 0.1) is 10.6 Å². The van der Waals surface area contributed by atoms with Crippen LogP contribution in [-0.4, -0.2) is 30.8 Å². The Hall–Kier alpha value is -3.33. The van der Waals surface area contributed by atoms with Gasteiger partial charge < -0.3 is 4.52 Å². The van der Waals surface area contributed by atoms with Crippen LogP contribution in [-0.2, 0) is 7.05 Å². The van der Waals surface area contributed by atoms with Crippen molar-refractivity contribution < 1.29 is 9.32 Å². The molecule has 0 bridgehead atoms. The smallest absolute Gasteiger partial charge is 0.257 e. The summed E-state index contributed by atoms with van der Waals surface area (Å²) in [5.74, 6) is 0.741. The Morgan fingerprint density at radius 1 is 1.26 bits per heavy atom. The lowest BCUT2D eigenvalue weighted by Crippen LogP contribution is -2.12. The average molecular weight is 380 g/mol. The first-order valence-electron chi connectivity index (χ1n) is 8.19. The van der Waals surface area contributed by atoms with Gasteiger partial charge in [-0.05, 0) is 24.6 Å². The number of rotatable bonds is 4. The van der Waals surface area contributed by atoms with Gasteiger partial charge in [0.1, 0.15) is 5.69 Å².